The maximum absolute atomic E-state index is 12.4. The Labute approximate surface area is 162 Å². The number of rotatable bonds is 5. The molecule has 144 valence electrons. The quantitative estimate of drug-likeness (QED) is 0.737. The summed E-state index contributed by atoms with van der Waals surface area (Å²) in [5.74, 6) is 0.00581. The molecule has 1 aliphatic heterocycles. The Morgan fingerprint density at radius 1 is 1.04 bits per heavy atom. The number of benzene rings is 1. The molecule has 0 spiro atoms. The maximum atomic E-state index is 12.4. The third-order valence-corrected chi connectivity index (χ3v) is 4.99. The number of piperazine rings is 1. The lowest BCUT2D eigenvalue weighted by Gasteiger charge is -2.36. The van der Waals surface area contributed by atoms with Crippen molar-refractivity contribution >= 4 is 28.3 Å². The zero-order valence-corrected chi connectivity index (χ0v) is 15.5. The predicted octanol–water partition coefficient (Wildman–Crippen LogP) is 2.30. The highest BCUT2D eigenvalue weighted by atomic mass is 16.3. The summed E-state index contributed by atoms with van der Waals surface area (Å²) in [6.07, 6.45) is 5.49. The van der Waals surface area contributed by atoms with Crippen LogP contribution in [-0.2, 0) is 4.79 Å². The van der Waals surface area contributed by atoms with Gasteiger partial charge >= 0.3 is 0 Å². The fraction of sp³-hybridized carbons (Fsp3) is 0.286. The normalized spacial score (nSPS) is 14.3. The molecule has 0 aliphatic carbocycles. The molecule has 1 fully saturated rings. The second-order valence-corrected chi connectivity index (χ2v) is 6.73. The van der Waals surface area contributed by atoms with Gasteiger partial charge in [0.05, 0.1) is 18.1 Å². The number of hydrogen-bond acceptors (Lipinski definition) is 5. The highest BCUT2D eigenvalue weighted by Gasteiger charge is 2.22. The minimum atomic E-state index is -0.300. The van der Waals surface area contributed by atoms with E-state index in [1.54, 1.807) is 12.1 Å². The Kier molecular flexibility index (Phi) is 5.23. The van der Waals surface area contributed by atoms with Gasteiger partial charge in [-0.2, -0.15) is 0 Å². The van der Waals surface area contributed by atoms with Gasteiger partial charge < -0.3 is 19.5 Å². The molecule has 1 saturated heterocycles. The van der Waals surface area contributed by atoms with E-state index in [4.69, 9.17) is 4.42 Å². The van der Waals surface area contributed by atoms with E-state index >= 15 is 0 Å². The van der Waals surface area contributed by atoms with E-state index in [1.165, 1.54) is 11.6 Å². The number of nitrogens with one attached hydrogen (secondary N) is 1. The average Bonchev–Trinajstić information content (AvgIpc) is 3.28. The number of furan rings is 1. The monoisotopic (exact) mass is 378 g/mol. The van der Waals surface area contributed by atoms with Gasteiger partial charge in [-0.3, -0.25) is 14.6 Å². The van der Waals surface area contributed by atoms with Crippen LogP contribution in [0.3, 0.4) is 0 Å². The van der Waals surface area contributed by atoms with E-state index < -0.39 is 0 Å². The van der Waals surface area contributed by atoms with Crippen molar-refractivity contribution in [1.82, 2.24) is 15.2 Å². The van der Waals surface area contributed by atoms with Crippen molar-refractivity contribution in [1.29, 1.82) is 0 Å². The first kappa shape index (κ1) is 18.0. The van der Waals surface area contributed by atoms with Crippen molar-refractivity contribution in [2.75, 3.05) is 37.6 Å². The largest absolute Gasteiger partial charge is 0.459 e. The van der Waals surface area contributed by atoms with Crippen LogP contribution in [0, 0.1) is 0 Å². The standard InChI is InChI=1S/C21H22N4O3/c26-20(7-8-23-21(27)19-6-3-13-28-19)25-11-9-24(10-12-25)18-15-22-14-16-4-1-2-5-17(16)18/h1-6,13-15H,7-12H2,(H,23,27). The van der Waals surface area contributed by atoms with Gasteiger partial charge in [-0.1, -0.05) is 24.3 Å². The number of pyridine rings is 1. The topological polar surface area (TPSA) is 78.7 Å². The molecule has 0 radical (unpaired) electrons. The number of fused-ring (bicyclic) bond motifs is 1. The molecule has 3 heterocycles. The number of nitrogens with zero attached hydrogens (tertiary/aromatic N) is 3. The summed E-state index contributed by atoms with van der Waals surface area (Å²) in [5.41, 5.74) is 1.11. The number of amides is 2. The molecule has 4 rings (SSSR count). The van der Waals surface area contributed by atoms with Crippen LogP contribution in [-0.4, -0.2) is 54.4 Å². The van der Waals surface area contributed by atoms with Crippen LogP contribution >= 0.6 is 0 Å². The number of aromatic nitrogens is 1. The maximum Gasteiger partial charge on any atom is 0.286 e. The summed E-state index contributed by atoms with van der Waals surface area (Å²) in [6, 6.07) is 11.5. The van der Waals surface area contributed by atoms with E-state index in [2.05, 4.69) is 27.3 Å². The molecule has 3 aromatic rings. The first-order valence-corrected chi connectivity index (χ1v) is 9.39. The van der Waals surface area contributed by atoms with E-state index in [-0.39, 0.29) is 24.0 Å². The zero-order chi connectivity index (χ0) is 19.3. The fourth-order valence-electron chi connectivity index (χ4n) is 3.49. The Bertz CT molecular complexity index is 957. The molecule has 7 nitrogen and oxygen atoms in total. The number of carbonyl (C=O) groups excluding carboxylic acids is 2. The molecule has 0 unspecified atom stereocenters. The Balaban J connectivity index is 1.29. The molecule has 0 bridgehead atoms. The predicted molar refractivity (Wildman–Crippen MR) is 106 cm³/mol. The van der Waals surface area contributed by atoms with Crippen LogP contribution in [0.5, 0.6) is 0 Å². The molecule has 0 atom stereocenters. The van der Waals surface area contributed by atoms with Crippen LogP contribution < -0.4 is 10.2 Å². The second kappa shape index (κ2) is 8.12. The molecule has 1 aliphatic rings. The fourth-order valence-corrected chi connectivity index (χ4v) is 3.49. The molecule has 2 amide bonds. The minimum absolute atomic E-state index is 0.0513. The third-order valence-electron chi connectivity index (χ3n) is 4.99. The van der Waals surface area contributed by atoms with Crippen LogP contribution in [0.25, 0.3) is 10.8 Å². The van der Waals surface area contributed by atoms with Crippen molar-refractivity contribution in [3.8, 4) is 0 Å². The highest BCUT2D eigenvalue weighted by molar-refractivity contribution is 5.93. The Morgan fingerprint density at radius 3 is 2.64 bits per heavy atom. The molecule has 28 heavy (non-hydrogen) atoms. The van der Waals surface area contributed by atoms with E-state index in [9.17, 15) is 9.59 Å². The summed E-state index contributed by atoms with van der Waals surface area (Å²) < 4.78 is 5.04. The van der Waals surface area contributed by atoms with Crippen LogP contribution in [0.1, 0.15) is 17.0 Å². The second-order valence-electron chi connectivity index (χ2n) is 6.73. The molecule has 7 heteroatoms. The van der Waals surface area contributed by atoms with Crippen LogP contribution in [0.15, 0.2) is 59.5 Å². The van der Waals surface area contributed by atoms with Gasteiger partial charge in [0.2, 0.25) is 5.91 Å². The van der Waals surface area contributed by atoms with Gasteiger partial charge in [-0.25, -0.2) is 0 Å². The molecule has 1 aromatic carbocycles. The summed E-state index contributed by atoms with van der Waals surface area (Å²) in [7, 11) is 0. The van der Waals surface area contributed by atoms with Gasteiger partial charge in [0, 0.05) is 56.1 Å². The van der Waals surface area contributed by atoms with E-state index in [0.717, 1.165) is 24.2 Å². The third kappa shape index (κ3) is 3.83. The van der Waals surface area contributed by atoms with Gasteiger partial charge in [-0.15, -0.1) is 0 Å². The molecular weight excluding hydrogens is 356 g/mol. The van der Waals surface area contributed by atoms with Crippen molar-refractivity contribution < 1.29 is 14.0 Å². The van der Waals surface area contributed by atoms with Crippen molar-refractivity contribution in [3.05, 3.63) is 60.8 Å². The van der Waals surface area contributed by atoms with Crippen molar-refractivity contribution in [2.45, 2.75) is 6.42 Å². The minimum Gasteiger partial charge on any atom is -0.459 e. The molecular formula is C21H22N4O3. The van der Waals surface area contributed by atoms with E-state index in [1.807, 2.05) is 29.4 Å². The number of hydrogen-bond donors (Lipinski definition) is 1. The summed E-state index contributed by atoms with van der Waals surface area (Å²) in [5, 5.41) is 5.01. The van der Waals surface area contributed by atoms with Crippen LogP contribution in [0.4, 0.5) is 5.69 Å². The summed E-state index contributed by atoms with van der Waals surface area (Å²) in [4.78, 5) is 32.8. The smallest absolute Gasteiger partial charge is 0.286 e. The Morgan fingerprint density at radius 2 is 1.86 bits per heavy atom. The summed E-state index contributed by atoms with van der Waals surface area (Å²) >= 11 is 0. The first-order valence-electron chi connectivity index (χ1n) is 9.39. The average molecular weight is 378 g/mol. The SMILES string of the molecule is O=C(NCCC(=O)N1CCN(c2cncc3ccccc23)CC1)c1ccco1. The zero-order valence-electron chi connectivity index (χ0n) is 15.5. The number of anilines is 1. The first-order chi connectivity index (χ1) is 13.7. The van der Waals surface area contributed by atoms with Crippen LogP contribution in [0.2, 0.25) is 0 Å². The summed E-state index contributed by atoms with van der Waals surface area (Å²) in [6.45, 7) is 3.15. The highest BCUT2D eigenvalue weighted by Crippen LogP contribution is 2.26. The molecule has 1 N–H and O–H groups in total. The van der Waals surface area contributed by atoms with Gasteiger partial charge in [-0.05, 0) is 12.1 Å². The molecule has 0 saturated carbocycles. The van der Waals surface area contributed by atoms with Crippen molar-refractivity contribution in [3.63, 3.8) is 0 Å². The lowest BCUT2D eigenvalue weighted by atomic mass is 10.1. The van der Waals surface area contributed by atoms with Gasteiger partial charge in [0.15, 0.2) is 5.76 Å². The van der Waals surface area contributed by atoms with Gasteiger partial charge in [0.1, 0.15) is 0 Å². The van der Waals surface area contributed by atoms with E-state index in [0.29, 0.717) is 19.6 Å². The Hall–Kier alpha value is -3.35. The lowest BCUT2D eigenvalue weighted by Crippen LogP contribution is -2.49. The van der Waals surface area contributed by atoms with Gasteiger partial charge in [0.25, 0.3) is 5.91 Å². The van der Waals surface area contributed by atoms with Crippen molar-refractivity contribution in [2.24, 2.45) is 0 Å². The number of carbonyl (C=O) groups is 2. The molecule has 2 aromatic heterocycles. The lowest BCUT2D eigenvalue weighted by molar-refractivity contribution is -0.131.